The predicted molar refractivity (Wildman–Crippen MR) is 63.8 cm³/mol. The molecule has 0 radical (unpaired) electrons. The maximum atomic E-state index is 13.0. The number of hydrogen-bond donors (Lipinski definition) is 2. The van der Waals surface area contributed by atoms with Gasteiger partial charge in [0.2, 0.25) is 5.91 Å². The average molecular weight is 234 g/mol. The number of rotatable bonds is 2. The Morgan fingerprint density at radius 2 is 2.06 bits per heavy atom. The fraction of sp³-hybridized carbons (Fsp3) is 0.462. The number of anilines is 2. The number of hydrogen-bond acceptors (Lipinski definition) is 2. The number of benzene rings is 1. The largest absolute Gasteiger partial charge is 0.397 e. The molecular weight excluding hydrogens is 219 g/mol. The number of carbonyl (C=O) groups excluding carboxylic acids is 1. The third-order valence-electron chi connectivity index (χ3n) is 3.98. The lowest BCUT2D eigenvalue weighted by Crippen LogP contribution is -2.17. The van der Waals surface area contributed by atoms with Crippen LogP contribution in [0.5, 0.6) is 0 Å². The van der Waals surface area contributed by atoms with Crippen molar-refractivity contribution in [1.29, 1.82) is 0 Å². The van der Waals surface area contributed by atoms with E-state index in [0.717, 1.165) is 12.8 Å². The van der Waals surface area contributed by atoms with E-state index in [4.69, 9.17) is 5.73 Å². The fourth-order valence-corrected chi connectivity index (χ4v) is 3.06. The van der Waals surface area contributed by atoms with Gasteiger partial charge in [-0.25, -0.2) is 4.39 Å². The van der Waals surface area contributed by atoms with E-state index in [1.165, 1.54) is 24.6 Å². The predicted octanol–water partition coefficient (Wildman–Crippen LogP) is 2.39. The molecule has 2 fully saturated rings. The summed E-state index contributed by atoms with van der Waals surface area (Å²) in [5.74, 6) is 0.864. The van der Waals surface area contributed by atoms with Gasteiger partial charge in [-0.05, 0) is 42.9 Å². The Labute approximate surface area is 99.2 Å². The Balaban J connectivity index is 1.71. The Morgan fingerprint density at radius 1 is 1.35 bits per heavy atom. The van der Waals surface area contributed by atoms with Crippen LogP contribution in [0.1, 0.15) is 19.3 Å². The maximum absolute atomic E-state index is 13.0. The molecule has 3 nitrogen and oxygen atoms in total. The zero-order valence-corrected chi connectivity index (χ0v) is 9.45. The third kappa shape index (κ3) is 1.77. The molecule has 3 rings (SSSR count). The van der Waals surface area contributed by atoms with E-state index in [1.807, 2.05) is 0 Å². The monoisotopic (exact) mass is 234 g/mol. The van der Waals surface area contributed by atoms with Crippen molar-refractivity contribution in [3.63, 3.8) is 0 Å². The summed E-state index contributed by atoms with van der Waals surface area (Å²) >= 11 is 0. The summed E-state index contributed by atoms with van der Waals surface area (Å²) in [7, 11) is 0. The second kappa shape index (κ2) is 3.72. The van der Waals surface area contributed by atoms with Crippen LogP contribution in [0.2, 0.25) is 0 Å². The van der Waals surface area contributed by atoms with Crippen molar-refractivity contribution in [3.8, 4) is 0 Å². The van der Waals surface area contributed by atoms with Gasteiger partial charge in [-0.3, -0.25) is 4.79 Å². The molecule has 0 spiro atoms. The van der Waals surface area contributed by atoms with Crippen LogP contribution in [0.4, 0.5) is 15.8 Å². The van der Waals surface area contributed by atoms with Crippen LogP contribution in [0.15, 0.2) is 18.2 Å². The first-order chi connectivity index (χ1) is 8.16. The minimum atomic E-state index is -0.384. The molecule has 1 aromatic rings. The van der Waals surface area contributed by atoms with E-state index in [1.54, 1.807) is 0 Å². The van der Waals surface area contributed by atoms with E-state index in [0.29, 0.717) is 23.2 Å². The second-order valence-corrected chi connectivity index (χ2v) is 5.01. The molecule has 2 saturated carbocycles. The fourth-order valence-electron chi connectivity index (χ4n) is 3.06. The van der Waals surface area contributed by atoms with Crippen molar-refractivity contribution in [3.05, 3.63) is 24.0 Å². The molecular formula is C13H15FN2O. The summed E-state index contributed by atoms with van der Waals surface area (Å²) < 4.78 is 13.0. The van der Waals surface area contributed by atoms with E-state index < -0.39 is 0 Å². The molecule has 0 aromatic heterocycles. The van der Waals surface area contributed by atoms with Gasteiger partial charge in [-0.1, -0.05) is 6.42 Å². The number of halogens is 1. The van der Waals surface area contributed by atoms with Gasteiger partial charge in [0.15, 0.2) is 0 Å². The summed E-state index contributed by atoms with van der Waals surface area (Å²) in [5, 5.41) is 2.74. The SMILES string of the molecule is Nc1ccc(F)cc1NC(=O)C1C2CCCC21. The summed E-state index contributed by atoms with van der Waals surface area (Å²) in [6.45, 7) is 0. The van der Waals surface area contributed by atoms with Gasteiger partial charge in [0.1, 0.15) is 5.82 Å². The number of fused-ring (bicyclic) bond motifs is 1. The zero-order valence-electron chi connectivity index (χ0n) is 9.45. The zero-order chi connectivity index (χ0) is 12.0. The smallest absolute Gasteiger partial charge is 0.228 e. The lowest BCUT2D eigenvalue weighted by atomic mass is 10.1. The van der Waals surface area contributed by atoms with Crippen LogP contribution >= 0.6 is 0 Å². The molecule has 2 aliphatic rings. The normalized spacial score (nSPS) is 29.8. The molecule has 2 atom stereocenters. The highest BCUT2D eigenvalue weighted by Crippen LogP contribution is 2.57. The van der Waals surface area contributed by atoms with E-state index in [9.17, 15) is 9.18 Å². The van der Waals surface area contributed by atoms with Gasteiger partial charge in [0, 0.05) is 5.92 Å². The molecule has 17 heavy (non-hydrogen) atoms. The summed E-state index contributed by atoms with van der Waals surface area (Å²) in [6, 6.07) is 4.03. The first-order valence-corrected chi connectivity index (χ1v) is 6.02. The Kier molecular flexibility index (Phi) is 2.31. The number of nitrogen functional groups attached to an aromatic ring is 1. The minimum Gasteiger partial charge on any atom is -0.397 e. The topological polar surface area (TPSA) is 55.1 Å². The van der Waals surface area contributed by atoms with Crippen LogP contribution < -0.4 is 11.1 Å². The summed E-state index contributed by atoms with van der Waals surface area (Å²) in [6.07, 6.45) is 3.55. The highest BCUT2D eigenvalue weighted by molar-refractivity contribution is 5.97. The van der Waals surface area contributed by atoms with Crippen molar-refractivity contribution < 1.29 is 9.18 Å². The summed E-state index contributed by atoms with van der Waals surface area (Å²) in [4.78, 5) is 12.0. The van der Waals surface area contributed by atoms with Gasteiger partial charge in [0.25, 0.3) is 0 Å². The molecule has 2 unspecified atom stereocenters. The van der Waals surface area contributed by atoms with E-state index >= 15 is 0 Å². The molecule has 0 aliphatic heterocycles. The molecule has 3 N–H and O–H groups in total. The minimum absolute atomic E-state index is 0.00278. The van der Waals surface area contributed by atoms with Gasteiger partial charge >= 0.3 is 0 Å². The molecule has 0 bridgehead atoms. The first-order valence-electron chi connectivity index (χ1n) is 6.02. The molecule has 2 aliphatic carbocycles. The molecule has 4 heteroatoms. The lowest BCUT2D eigenvalue weighted by molar-refractivity contribution is -0.118. The summed E-state index contributed by atoms with van der Waals surface area (Å²) in [5.41, 5.74) is 6.49. The van der Waals surface area contributed by atoms with Crippen molar-refractivity contribution in [2.45, 2.75) is 19.3 Å². The van der Waals surface area contributed by atoms with E-state index in [-0.39, 0.29) is 17.6 Å². The Hall–Kier alpha value is -1.58. The molecule has 1 aromatic carbocycles. The van der Waals surface area contributed by atoms with Gasteiger partial charge < -0.3 is 11.1 Å². The maximum Gasteiger partial charge on any atom is 0.228 e. The van der Waals surface area contributed by atoms with Crippen LogP contribution in [-0.4, -0.2) is 5.91 Å². The van der Waals surface area contributed by atoms with Crippen LogP contribution in [0, 0.1) is 23.6 Å². The van der Waals surface area contributed by atoms with Crippen molar-refractivity contribution in [1.82, 2.24) is 0 Å². The molecule has 90 valence electrons. The number of amides is 1. The van der Waals surface area contributed by atoms with E-state index in [2.05, 4.69) is 5.32 Å². The quantitative estimate of drug-likeness (QED) is 0.772. The highest BCUT2D eigenvalue weighted by atomic mass is 19.1. The highest BCUT2D eigenvalue weighted by Gasteiger charge is 2.56. The van der Waals surface area contributed by atoms with Crippen molar-refractivity contribution in [2.24, 2.45) is 17.8 Å². The molecule has 0 saturated heterocycles. The second-order valence-electron chi connectivity index (χ2n) is 5.01. The number of nitrogens with one attached hydrogen (secondary N) is 1. The van der Waals surface area contributed by atoms with Gasteiger partial charge in [-0.2, -0.15) is 0 Å². The van der Waals surface area contributed by atoms with Crippen LogP contribution in [0.3, 0.4) is 0 Å². The van der Waals surface area contributed by atoms with Gasteiger partial charge in [-0.15, -0.1) is 0 Å². The number of carbonyl (C=O) groups is 1. The van der Waals surface area contributed by atoms with Crippen LogP contribution in [0.25, 0.3) is 0 Å². The third-order valence-corrected chi connectivity index (χ3v) is 3.98. The number of nitrogens with two attached hydrogens (primary N) is 1. The average Bonchev–Trinajstić information content (AvgIpc) is 2.78. The first kappa shape index (κ1) is 10.6. The van der Waals surface area contributed by atoms with Crippen molar-refractivity contribution in [2.75, 3.05) is 11.1 Å². The van der Waals surface area contributed by atoms with Gasteiger partial charge in [0.05, 0.1) is 11.4 Å². The standard InChI is InChI=1S/C13H15FN2O/c14-7-4-5-10(15)11(6-7)16-13(17)12-8-2-1-3-9(8)12/h4-6,8-9,12H,1-3,15H2,(H,16,17). The molecule has 0 heterocycles. The van der Waals surface area contributed by atoms with Crippen molar-refractivity contribution >= 4 is 17.3 Å². The Bertz CT molecular complexity index is 464. The van der Waals surface area contributed by atoms with Crippen LogP contribution in [-0.2, 0) is 4.79 Å². The molecule has 1 amide bonds. The Morgan fingerprint density at radius 3 is 2.76 bits per heavy atom. The lowest BCUT2D eigenvalue weighted by Gasteiger charge is -2.09.